The second-order valence-electron chi connectivity index (χ2n) is 4.62. The summed E-state index contributed by atoms with van der Waals surface area (Å²) >= 11 is 0. The Hall–Kier alpha value is -2.36. The van der Waals surface area contributed by atoms with Crippen LogP contribution in [-0.2, 0) is 13.0 Å². The fourth-order valence-electron chi connectivity index (χ4n) is 2.01. The van der Waals surface area contributed by atoms with Crippen molar-refractivity contribution in [1.29, 1.82) is 0 Å². The Morgan fingerprint density at radius 1 is 1.15 bits per heavy atom. The minimum atomic E-state index is -0.357. The van der Waals surface area contributed by atoms with Gasteiger partial charge in [0.2, 0.25) is 0 Å². The molecule has 0 unspecified atom stereocenters. The molecule has 2 aromatic rings. The summed E-state index contributed by atoms with van der Waals surface area (Å²) in [6.07, 6.45) is 0.739. The van der Waals surface area contributed by atoms with Crippen LogP contribution in [0, 0.1) is 17.0 Å². The molecular weight excluding hydrogens is 254 g/mol. The maximum atomic E-state index is 11.1. The van der Waals surface area contributed by atoms with Gasteiger partial charge in [0.05, 0.1) is 10.5 Å². The summed E-state index contributed by atoms with van der Waals surface area (Å²) in [5, 5.41) is 11.1. The van der Waals surface area contributed by atoms with Gasteiger partial charge >= 0.3 is 0 Å². The highest BCUT2D eigenvalue weighted by Crippen LogP contribution is 2.30. The molecule has 2 aromatic carbocycles. The Bertz CT molecular complexity index is 609. The van der Waals surface area contributed by atoms with E-state index in [1.807, 2.05) is 43.3 Å². The average Bonchev–Trinajstić information content (AvgIpc) is 2.47. The van der Waals surface area contributed by atoms with E-state index in [-0.39, 0.29) is 10.6 Å². The molecule has 4 nitrogen and oxygen atoms in total. The van der Waals surface area contributed by atoms with Crippen molar-refractivity contribution < 1.29 is 9.66 Å². The lowest BCUT2D eigenvalue weighted by molar-refractivity contribution is -0.385. The quantitative estimate of drug-likeness (QED) is 0.609. The standard InChI is InChI=1S/C16H17NO3/c1-3-13-9-15(17(18)19)12(2)16(10-13)20-11-14-7-5-4-6-8-14/h4-10H,3,11H2,1-2H3. The van der Waals surface area contributed by atoms with E-state index in [1.165, 1.54) is 0 Å². The van der Waals surface area contributed by atoms with Crippen molar-refractivity contribution in [3.05, 3.63) is 69.3 Å². The van der Waals surface area contributed by atoms with Crippen LogP contribution in [0.2, 0.25) is 0 Å². The van der Waals surface area contributed by atoms with Crippen molar-refractivity contribution in [1.82, 2.24) is 0 Å². The van der Waals surface area contributed by atoms with Gasteiger partial charge in [0.1, 0.15) is 12.4 Å². The highest BCUT2D eigenvalue weighted by molar-refractivity contribution is 5.51. The lowest BCUT2D eigenvalue weighted by Gasteiger charge is -2.11. The third kappa shape index (κ3) is 3.15. The number of benzene rings is 2. The maximum Gasteiger partial charge on any atom is 0.276 e. The number of nitrogens with zero attached hydrogens (tertiary/aromatic N) is 1. The molecule has 0 spiro atoms. The predicted octanol–water partition coefficient (Wildman–Crippen LogP) is 4.04. The largest absolute Gasteiger partial charge is 0.488 e. The van der Waals surface area contributed by atoms with Crippen molar-refractivity contribution in [2.24, 2.45) is 0 Å². The summed E-state index contributed by atoms with van der Waals surface area (Å²) < 4.78 is 5.75. The van der Waals surface area contributed by atoms with Gasteiger partial charge in [0, 0.05) is 6.07 Å². The molecule has 0 aromatic heterocycles. The zero-order chi connectivity index (χ0) is 14.5. The van der Waals surface area contributed by atoms with E-state index < -0.39 is 0 Å². The van der Waals surface area contributed by atoms with Crippen LogP contribution in [0.15, 0.2) is 42.5 Å². The van der Waals surface area contributed by atoms with Gasteiger partial charge in [-0.05, 0) is 30.5 Å². The van der Waals surface area contributed by atoms with Crippen LogP contribution in [0.1, 0.15) is 23.6 Å². The lowest BCUT2D eigenvalue weighted by atomic mass is 10.1. The fraction of sp³-hybridized carbons (Fsp3) is 0.250. The van der Waals surface area contributed by atoms with Gasteiger partial charge in [-0.1, -0.05) is 37.3 Å². The highest BCUT2D eigenvalue weighted by atomic mass is 16.6. The molecule has 20 heavy (non-hydrogen) atoms. The van der Waals surface area contributed by atoms with E-state index in [1.54, 1.807) is 13.0 Å². The number of hydrogen-bond donors (Lipinski definition) is 0. The Balaban J connectivity index is 2.26. The van der Waals surface area contributed by atoms with E-state index in [9.17, 15) is 10.1 Å². The number of ether oxygens (including phenoxy) is 1. The predicted molar refractivity (Wildman–Crippen MR) is 78.0 cm³/mol. The molecular formula is C16H17NO3. The lowest BCUT2D eigenvalue weighted by Crippen LogP contribution is -2.01. The van der Waals surface area contributed by atoms with E-state index in [4.69, 9.17) is 4.74 Å². The molecule has 0 amide bonds. The summed E-state index contributed by atoms with van der Waals surface area (Å²) in [5.74, 6) is 0.583. The fourth-order valence-corrected chi connectivity index (χ4v) is 2.01. The van der Waals surface area contributed by atoms with Crippen molar-refractivity contribution in [3.63, 3.8) is 0 Å². The van der Waals surface area contributed by atoms with Gasteiger partial charge in [0.25, 0.3) is 5.69 Å². The van der Waals surface area contributed by atoms with Gasteiger partial charge in [-0.25, -0.2) is 0 Å². The Morgan fingerprint density at radius 2 is 1.85 bits per heavy atom. The van der Waals surface area contributed by atoms with Crippen molar-refractivity contribution in [3.8, 4) is 5.75 Å². The van der Waals surface area contributed by atoms with Crippen LogP contribution in [0.5, 0.6) is 5.75 Å². The minimum Gasteiger partial charge on any atom is -0.488 e. The van der Waals surface area contributed by atoms with Gasteiger partial charge in [0.15, 0.2) is 0 Å². The minimum absolute atomic E-state index is 0.118. The van der Waals surface area contributed by atoms with E-state index in [2.05, 4.69) is 0 Å². The third-order valence-corrected chi connectivity index (χ3v) is 3.23. The monoisotopic (exact) mass is 271 g/mol. The molecule has 0 N–H and O–H groups in total. The average molecular weight is 271 g/mol. The summed E-state index contributed by atoms with van der Waals surface area (Å²) in [6, 6.07) is 13.3. The Morgan fingerprint density at radius 3 is 2.45 bits per heavy atom. The first-order valence-corrected chi connectivity index (χ1v) is 6.56. The molecule has 0 aliphatic rings. The SMILES string of the molecule is CCc1cc(OCc2ccccc2)c(C)c([N+](=O)[O-])c1. The van der Waals surface area contributed by atoms with Gasteiger partial charge in [-0.15, -0.1) is 0 Å². The van der Waals surface area contributed by atoms with Gasteiger partial charge in [-0.3, -0.25) is 10.1 Å². The number of nitro groups is 1. The Kier molecular flexibility index (Phi) is 4.35. The smallest absolute Gasteiger partial charge is 0.276 e. The van der Waals surface area contributed by atoms with Crippen LogP contribution in [0.3, 0.4) is 0 Å². The van der Waals surface area contributed by atoms with E-state index >= 15 is 0 Å². The van der Waals surface area contributed by atoms with Gasteiger partial charge < -0.3 is 4.74 Å². The maximum absolute atomic E-state index is 11.1. The number of aryl methyl sites for hydroxylation is 1. The summed E-state index contributed by atoms with van der Waals surface area (Å²) in [7, 11) is 0. The van der Waals surface area contributed by atoms with Crippen molar-refractivity contribution >= 4 is 5.69 Å². The Labute approximate surface area is 118 Å². The zero-order valence-electron chi connectivity index (χ0n) is 11.6. The summed E-state index contributed by atoms with van der Waals surface area (Å²) in [4.78, 5) is 10.7. The first-order valence-electron chi connectivity index (χ1n) is 6.56. The van der Waals surface area contributed by atoms with E-state index in [0.29, 0.717) is 17.9 Å². The molecule has 0 aliphatic heterocycles. The van der Waals surface area contributed by atoms with Crippen LogP contribution in [-0.4, -0.2) is 4.92 Å². The molecule has 0 fully saturated rings. The van der Waals surface area contributed by atoms with Crippen LogP contribution >= 0.6 is 0 Å². The molecule has 0 bridgehead atoms. The zero-order valence-corrected chi connectivity index (χ0v) is 11.6. The second kappa shape index (κ2) is 6.19. The normalized spacial score (nSPS) is 10.3. The van der Waals surface area contributed by atoms with Gasteiger partial charge in [-0.2, -0.15) is 0 Å². The highest BCUT2D eigenvalue weighted by Gasteiger charge is 2.16. The number of hydrogen-bond acceptors (Lipinski definition) is 3. The second-order valence-corrected chi connectivity index (χ2v) is 4.62. The van der Waals surface area contributed by atoms with Crippen molar-refractivity contribution in [2.75, 3.05) is 0 Å². The molecule has 2 rings (SSSR count). The number of rotatable bonds is 5. The van der Waals surface area contributed by atoms with E-state index in [0.717, 1.165) is 17.5 Å². The first-order chi connectivity index (χ1) is 9.61. The first kappa shape index (κ1) is 14.1. The molecule has 0 aliphatic carbocycles. The molecule has 0 saturated carbocycles. The molecule has 0 saturated heterocycles. The van der Waals surface area contributed by atoms with Crippen LogP contribution < -0.4 is 4.74 Å². The third-order valence-electron chi connectivity index (χ3n) is 3.23. The summed E-state index contributed by atoms with van der Waals surface area (Å²) in [6.45, 7) is 4.10. The van der Waals surface area contributed by atoms with Crippen molar-refractivity contribution in [2.45, 2.75) is 26.9 Å². The topological polar surface area (TPSA) is 52.4 Å². The van der Waals surface area contributed by atoms with Crippen LogP contribution in [0.4, 0.5) is 5.69 Å². The van der Waals surface area contributed by atoms with Crippen LogP contribution in [0.25, 0.3) is 0 Å². The molecule has 104 valence electrons. The molecule has 0 heterocycles. The molecule has 0 atom stereocenters. The molecule has 0 radical (unpaired) electrons. The summed E-state index contributed by atoms with van der Waals surface area (Å²) in [5.41, 5.74) is 2.64. The number of nitro benzene ring substituents is 1. The molecule has 4 heteroatoms.